The molecular formula is C27H28O12. The van der Waals surface area contributed by atoms with Crippen molar-refractivity contribution in [3.05, 3.63) is 59.7 Å². The van der Waals surface area contributed by atoms with Crippen LogP contribution in [-0.2, 0) is 28.6 Å². The van der Waals surface area contributed by atoms with Gasteiger partial charge in [-0.2, -0.15) is 0 Å². The van der Waals surface area contributed by atoms with Crippen molar-refractivity contribution in [1.82, 2.24) is 0 Å². The number of esters is 3. The fourth-order valence-electron chi connectivity index (χ4n) is 3.92. The topological polar surface area (TPSA) is 200 Å². The lowest BCUT2D eigenvalue weighted by Gasteiger charge is -2.41. The summed E-state index contributed by atoms with van der Waals surface area (Å²) in [5.41, 5.74) is -1.55. The van der Waals surface area contributed by atoms with Gasteiger partial charge in [0.25, 0.3) is 0 Å². The van der Waals surface area contributed by atoms with E-state index in [4.69, 9.17) is 14.2 Å². The molecule has 2 aromatic carbocycles. The summed E-state index contributed by atoms with van der Waals surface area (Å²) in [7, 11) is 0. The quantitative estimate of drug-likeness (QED) is 0.121. The van der Waals surface area contributed by atoms with Crippen molar-refractivity contribution in [3.8, 4) is 23.0 Å². The number of carbonyl (C=O) groups excluding carboxylic acids is 3. The Morgan fingerprint density at radius 3 is 1.85 bits per heavy atom. The van der Waals surface area contributed by atoms with Gasteiger partial charge in [0.1, 0.15) is 6.10 Å². The molecule has 6 N–H and O–H groups in total. The molecule has 1 fully saturated rings. The average molecular weight is 545 g/mol. The number of hydrogen-bond donors (Lipinski definition) is 6. The predicted octanol–water partition coefficient (Wildman–Crippen LogP) is 1.51. The summed E-state index contributed by atoms with van der Waals surface area (Å²) in [6.45, 7) is 1.47. The van der Waals surface area contributed by atoms with E-state index in [1.807, 2.05) is 0 Å². The third kappa shape index (κ3) is 7.49. The van der Waals surface area contributed by atoms with Gasteiger partial charge in [-0.05, 0) is 54.5 Å². The Labute approximate surface area is 222 Å². The van der Waals surface area contributed by atoms with Crippen molar-refractivity contribution in [2.24, 2.45) is 0 Å². The Balaban J connectivity index is 1.78. The minimum atomic E-state index is -2.23. The van der Waals surface area contributed by atoms with Crippen LogP contribution in [-0.4, -0.2) is 79.1 Å². The van der Waals surface area contributed by atoms with Crippen LogP contribution in [0.25, 0.3) is 12.2 Å². The highest BCUT2D eigenvalue weighted by atomic mass is 16.6. The van der Waals surface area contributed by atoms with Gasteiger partial charge in [0.05, 0.1) is 12.7 Å². The molecule has 3 rings (SSSR count). The highest BCUT2D eigenvalue weighted by Gasteiger charge is 2.53. The molecule has 1 aliphatic carbocycles. The van der Waals surface area contributed by atoms with Crippen LogP contribution in [0.15, 0.2) is 48.6 Å². The van der Waals surface area contributed by atoms with Gasteiger partial charge in [-0.15, -0.1) is 0 Å². The summed E-state index contributed by atoms with van der Waals surface area (Å²) in [5.74, 6) is -4.53. The van der Waals surface area contributed by atoms with Crippen molar-refractivity contribution in [3.63, 3.8) is 0 Å². The summed E-state index contributed by atoms with van der Waals surface area (Å²) >= 11 is 0. The lowest BCUT2D eigenvalue weighted by atomic mass is 9.79. The molecule has 0 aromatic heterocycles. The smallest absolute Gasteiger partial charge is 0.338 e. The maximum Gasteiger partial charge on any atom is 0.338 e. The van der Waals surface area contributed by atoms with Gasteiger partial charge < -0.3 is 44.8 Å². The Bertz CT molecular complexity index is 1280. The third-order valence-electron chi connectivity index (χ3n) is 5.83. The highest BCUT2D eigenvalue weighted by molar-refractivity contribution is 5.88. The fraction of sp³-hybridized carbons (Fsp3) is 0.296. The standard InChI is InChI=1S/C27H28O12/c1-2-37-26(35)27(36)13-21(32)25(39-24(34)10-6-16-4-8-18(29)20(31)12-16)22(14-27)38-23(33)9-5-15-3-7-17(28)19(30)11-15/h3-12,21-22,25,28-32,36H,2,13-14H2,1H3/b9-5+,10-6+/t21-,22-,25+,27-/m1/s1. The van der Waals surface area contributed by atoms with Crippen LogP contribution < -0.4 is 0 Å². The van der Waals surface area contributed by atoms with Gasteiger partial charge >= 0.3 is 17.9 Å². The summed E-state index contributed by atoms with van der Waals surface area (Å²) < 4.78 is 15.5. The summed E-state index contributed by atoms with van der Waals surface area (Å²) in [6, 6.07) is 7.63. The first-order valence-electron chi connectivity index (χ1n) is 11.8. The SMILES string of the molecule is CCOC(=O)[C@@]1(O)C[C@@H](O)[C@H](OC(=O)/C=C/c2ccc(O)c(O)c2)[C@H](OC(=O)/C=C/c2ccc(O)c(O)c2)C1. The van der Waals surface area contributed by atoms with Crippen molar-refractivity contribution in [1.29, 1.82) is 0 Å². The molecule has 0 bridgehead atoms. The minimum Gasteiger partial charge on any atom is -0.504 e. The first-order valence-corrected chi connectivity index (χ1v) is 11.8. The second kappa shape index (κ2) is 12.3. The van der Waals surface area contributed by atoms with Crippen molar-refractivity contribution < 1.29 is 59.2 Å². The Morgan fingerprint density at radius 2 is 1.36 bits per heavy atom. The molecule has 0 spiro atoms. The van der Waals surface area contributed by atoms with Crippen LogP contribution >= 0.6 is 0 Å². The van der Waals surface area contributed by atoms with Gasteiger partial charge in [-0.25, -0.2) is 14.4 Å². The van der Waals surface area contributed by atoms with E-state index >= 15 is 0 Å². The average Bonchev–Trinajstić information content (AvgIpc) is 2.87. The molecular weight excluding hydrogens is 516 g/mol. The van der Waals surface area contributed by atoms with Gasteiger partial charge in [0.2, 0.25) is 0 Å². The number of phenols is 4. The fourth-order valence-corrected chi connectivity index (χ4v) is 3.92. The summed E-state index contributed by atoms with van der Waals surface area (Å²) in [6.07, 6.45) is -1.21. The van der Waals surface area contributed by atoms with E-state index in [-0.39, 0.29) is 18.1 Å². The summed E-state index contributed by atoms with van der Waals surface area (Å²) in [5, 5.41) is 59.5. The zero-order chi connectivity index (χ0) is 28.7. The van der Waals surface area contributed by atoms with E-state index in [0.29, 0.717) is 11.1 Å². The Kier molecular flexibility index (Phi) is 9.17. The first kappa shape index (κ1) is 29.0. The molecule has 39 heavy (non-hydrogen) atoms. The molecule has 4 atom stereocenters. The zero-order valence-electron chi connectivity index (χ0n) is 20.8. The van der Waals surface area contributed by atoms with Crippen LogP contribution in [0, 0.1) is 0 Å². The number of hydrogen-bond acceptors (Lipinski definition) is 12. The van der Waals surface area contributed by atoms with Crippen LogP contribution in [0.2, 0.25) is 0 Å². The molecule has 0 radical (unpaired) electrons. The number of rotatable bonds is 8. The van der Waals surface area contributed by atoms with Crippen LogP contribution in [0.1, 0.15) is 30.9 Å². The van der Waals surface area contributed by atoms with E-state index in [2.05, 4.69) is 0 Å². The predicted molar refractivity (Wildman–Crippen MR) is 134 cm³/mol. The molecule has 0 amide bonds. The van der Waals surface area contributed by atoms with E-state index < -0.39 is 66.2 Å². The molecule has 208 valence electrons. The largest absolute Gasteiger partial charge is 0.504 e. The second-order valence-corrected chi connectivity index (χ2v) is 8.77. The highest BCUT2D eigenvalue weighted by Crippen LogP contribution is 2.34. The van der Waals surface area contributed by atoms with Gasteiger partial charge in [-0.3, -0.25) is 0 Å². The van der Waals surface area contributed by atoms with E-state index in [9.17, 15) is 45.0 Å². The molecule has 0 saturated heterocycles. The Hall–Kier alpha value is -4.55. The molecule has 12 heteroatoms. The normalized spacial score (nSPS) is 23.0. The minimum absolute atomic E-state index is 0.0556. The monoisotopic (exact) mass is 544 g/mol. The maximum absolute atomic E-state index is 12.6. The number of aromatic hydroxyl groups is 4. The van der Waals surface area contributed by atoms with Crippen molar-refractivity contribution >= 4 is 30.1 Å². The van der Waals surface area contributed by atoms with E-state index in [1.54, 1.807) is 0 Å². The second-order valence-electron chi connectivity index (χ2n) is 8.77. The molecule has 0 unspecified atom stereocenters. The molecule has 0 heterocycles. The van der Waals surface area contributed by atoms with Crippen LogP contribution in [0.3, 0.4) is 0 Å². The molecule has 12 nitrogen and oxygen atoms in total. The van der Waals surface area contributed by atoms with Gasteiger partial charge in [0, 0.05) is 25.0 Å². The first-order chi connectivity index (χ1) is 18.4. The molecule has 0 aliphatic heterocycles. The number of aliphatic hydroxyl groups excluding tert-OH is 1. The number of benzene rings is 2. The number of carbonyl (C=O) groups is 3. The van der Waals surface area contributed by atoms with Crippen molar-refractivity contribution in [2.75, 3.05) is 6.61 Å². The van der Waals surface area contributed by atoms with E-state index in [1.165, 1.54) is 55.5 Å². The molecule has 2 aromatic rings. The number of aliphatic hydroxyl groups is 2. The number of ether oxygens (including phenoxy) is 3. The van der Waals surface area contributed by atoms with Crippen molar-refractivity contribution in [2.45, 2.75) is 43.7 Å². The van der Waals surface area contributed by atoms with Gasteiger partial charge in [-0.1, -0.05) is 12.1 Å². The molecule has 1 aliphatic rings. The summed E-state index contributed by atoms with van der Waals surface area (Å²) in [4.78, 5) is 37.4. The molecule has 1 saturated carbocycles. The third-order valence-corrected chi connectivity index (χ3v) is 5.83. The zero-order valence-corrected chi connectivity index (χ0v) is 20.8. The van der Waals surface area contributed by atoms with Crippen LogP contribution in [0.4, 0.5) is 0 Å². The number of phenolic OH excluding ortho intramolecular Hbond substituents is 4. The van der Waals surface area contributed by atoms with E-state index in [0.717, 1.165) is 12.2 Å². The lowest BCUT2D eigenvalue weighted by Crippen LogP contribution is -2.58. The van der Waals surface area contributed by atoms with Gasteiger partial charge in [0.15, 0.2) is 34.7 Å². The van der Waals surface area contributed by atoms with Crippen LogP contribution in [0.5, 0.6) is 23.0 Å². The lowest BCUT2D eigenvalue weighted by molar-refractivity contribution is -0.207. The maximum atomic E-state index is 12.6. The Morgan fingerprint density at radius 1 is 0.846 bits per heavy atom.